The zero-order chi connectivity index (χ0) is 20.9. The Bertz CT molecular complexity index is 1120. The van der Waals surface area contributed by atoms with Gasteiger partial charge >= 0.3 is 0 Å². The molecule has 30 heavy (non-hydrogen) atoms. The first kappa shape index (κ1) is 18.8. The Balaban J connectivity index is 1.28. The molecule has 1 aliphatic carbocycles. The summed E-state index contributed by atoms with van der Waals surface area (Å²) in [5, 5.41) is 15.8. The van der Waals surface area contributed by atoms with Crippen LogP contribution < -0.4 is 0 Å². The van der Waals surface area contributed by atoms with Crippen molar-refractivity contribution < 1.29 is 14.7 Å². The molecule has 1 aromatic heterocycles. The molecule has 2 aliphatic rings. The van der Waals surface area contributed by atoms with Gasteiger partial charge in [0.05, 0.1) is 11.2 Å². The molecule has 7 nitrogen and oxygen atoms in total. The molecule has 0 spiro atoms. The van der Waals surface area contributed by atoms with Crippen molar-refractivity contribution in [1.82, 2.24) is 19.6 Å². The number of carbonyl (C=O) groups excluding carboxylic acids is 2. The smallest absolute Gasteiger partial charge is 0.254 e. The summed E-state index contributed by atoms with van der Waals surface area (Å²) in [7, 11) is 0. The number of amides is 2. The van der Waals surface area contributed by atoms with Crippen molar-refractivity contribution in [2.24, 2.45) is 0 Å². The molecule has 5 rings (SSSR count). The number of aliphatic hydroxyl groups is 1. The van der Waals surface area contributed by atoms with Crippen molar-refractivity contribution in [3.05, 3.63) is 59.8 Å². The Hall–Kier alpha value is -3.19. The average molecular weight is 404 g/mol. The predicted octanol–water partition coefficient (Wildman–Crippen LogP) is 2.14. The fraction of sp³-hybridized carbons (Fsp3) is 0.348. The molecule has 2 aromatic carbocycles. The predicted molar refractivity (Wildman–Crippen MR) is 112 cm³/mol. The summed E-state index contributed by atoms with van der Waals surface area (Å²) in [5.41, 5.74) is 2.39. The number of fused-ring (bicyclic) bond motifs is 1. The lowest BCUT2D eigenvalue weighted by molar-refractivity contribution is -0.143. The summed E-state index contributed by atoms with van der Waals surface area (Å²) >= 11 is 0. The molecule has 7 heteroatoms. The maximum Gasteiger partial charge on any atom is 0.254 e. The highest BCUT2D eigenvalue weighted by molar-refractivity contribution is 5.95. The van der Waals surface area contributed by atoms with E-state index in [4.69, 9.17) is 0 Å². The number of aryl methyl sites for hydroxylation is 1. The van der Waals surface area contributed by atoms with Crippen LogP contribution >= 0.6 is 0 Å². The van der Waals surface area contributed by atoms with Crippen molar-refractivity contribution in [1.29, 1.82) is 0 Å². The zero-order valence-electron chi connectivity index (χ0n) is 16.9. The van der Waals surface area contributed by atoms with Crippen LogP contribution in [0.1, 0.15) is 28.9 Å². The van der Waals surface area contributed by atoms with Crippen molar-refractivity contribution >= 4 is 22.7 Å². The minimum absolute atomic E-state index is 0.0406. The summed E-state index contributed by atoms with van der Waals surface area (Å²) < 4.78 is 1.89. The lowest BCUT2D eigenvalue weighted by Gasteiger charge is -2.35. The number of benzene rings is 2. The van der Waals surface area contributed by atoms with E-state index >= 15 is 0 Å². The van der Waals surface area contributed by atoms with E-state index in [0.717, 1.165) is 22.3 Å². The van der Waals surface area contributed by atoms with E-state index in [1.807, 2.05) is 54.1 Å². The maximum atomic E-state index is 12.9. The van der Waals surface area contributed by atoms with E-state index in [1.54, 1.807) is 9.80 Å². The highest BCUT2D eigenvalue weighted by Crippen LogP contribution is 2.37. The van der Waals surface area contributed by atoms with Gasteiger partial charge in [0, 0.05) is 42.8 Å². The zero-order valence-corrected chi connectivity index (χ0v) is 16.9. The normalized spacial score (nSPS) is 17.9. The molecule has 0 atom stereocenters. The lowest BCUT2D eigenvalue weighted by Crippen LogP contribution is -2.53. The second-order valence-corrected chi connectivity index (χ2v) is 8.18. The number of carbonyl (C=O) groups is 2. The standard InChI is InChI=1S/C23H24N4O3/c1-16-19-4-2-3-5-20(19)24-27(16)18-8-6-17(7-9-18)21(28)25-12-14-26(15-13-25)22(29)23(30)10-11-23/h2-9,30H,10-15H2,1H3. The molecule has 1 saturated heterocycles. The van der Waals surface area contributed by atoms with Gasteiger partial charge in [-0.15, -0.1) is 0 Å². The molecule has 2 fully saturated rings. The second-order valence-electron chi connectivity index (χ2n) is 8.18. The summed E-state index contributed by atoms with van der Waals surface area (Å²) in [5.74, 6) is -0.234. The van der Waals surface area contributed by atoms with Crippen LogP contribution in [0.15, 0.2) is 48.5 Å². The van der Waals surface area contributed by atoms with Crippen LogP contribution in [0.5, 0.6) is 0 Å². The van der Waals surface area contributed by atoms with Gasteiger partial charge in [0.2, 0.25) is 0 Å². The molecular formula is C23H24N4O3. The van der Waals surface area contributed by atoms with Crippen LogP contribution in [-0.2, 0) is 4.79 Å². The quantitative estimate of drug-likeness (QED) is 0.726. The van der Waals surface area contributed by atoms with Crippen molar-refractivity contribution in [2.45, 2.75) is 25.4 Å². The first-order chi connectivity index (χ1) is 14.5. The topological polar surface area (TPSA) is 78.7 Å². The van der Waals surface area contributed by atoms with Gasteiger partial charge in [-0.1, -0.05) is 18.2 Å². The molecule has 2 amide bonds. The third-order valence-electron chi connectivity index (χ3n) is 6.15. The molecule has 154 valence electrons. The van der Waals surface area contributed by atoms with Crippen LogP contribution in [0, 0.1) is 6.92 Å². The SMILES string of the molecule is Cc1c2ccccc2nn1-c1ccc(C(=O)N2CCN(C(=O)C3(O)CC3)CC2)cc1. The number of rotatable bonds is 3. The molecule has 0 radical (unpaired) electrons. The summed E-state index contributed by atoms with van der Waals surface area (Å²) in [6.07, 6.45) is 1.09. The number of hydrogen-bond acceptors (Lipinski definition) is 4. The Morgan fingerprint density at radius 3 is 2.20 bits per heavy atom. The molecule has 3 aromatic rings. The molecule has 0 unspecified atom stereocenters. The summed E-state index contributed by atoms with van der Waals surface area (Å²) in [4.78, 5) is 28.6. The van der Waals surface area contributed by atoms with E-state index in [1.165, 1.54) is 0 Å². The van der Waals surface area contributed by atoms with E-state index < -0.39 is 5.60 Å². The van der Waals surface area contributed by atoms with E-state index in [9.17, 15) is 14.7 Å². The number of hydrogen-bond donors (Lipinski definition) is 1. The van der Waals surface area contributed by atoms with Crippen molar-refractivity contribution in [3.8, 4) is 5.69 Å². The van der Waals surface area contributed by atoms with Gasteiger partial charge in [-0.05, 0) is 50.1 Å². The molecule has 2 heterocycles. The molecule has 1 aliphatic heterocycles. The van der Waals surface area contributed by atoms with Crippen molar-refractivity contribution in [2.75, 3.05) is 26.2 Å². The maximum absolute atomic E-state index is 12.9. The minimum Gasteiger partial charge on any atom is -0.380 e. The van der Waals surface area contributed by atoms with Crippen LogP contribution in [-0.4, -0.2) is 68.3 Å². The minimum atomic E-state index is -1.14. The Morgan fingerprint density at radius 2 is 1.57 bits per heavy atom. The monoisotopic (exact) mass is 404 g/mol. The Kier molecular flexibility index (Phi) is 4.36. The average Bonchev–Trinajstić information content (AvgIpc) is 3.46. The van der Waals surface area contributed by atoms with Gasteiger partial charge in [-0.2, -0.15) is 5.10 Å². The third-order valence-corrected chi connectivity index (χ3v) is 6.15. The van der Waals surface area contributed by atoms with Crippen LogP contribution in [0.4, 0.5) is 0 Å². The largest absolute Gasteiger partial charge is 0.380 e. The third kappa shape index (κ3) is 3.15. The lowest BCUT2D eigenvalue weighted by atomic mass is 10.1. The van der Waals surface area contributed by atoms with E-state index in [0.29, 0.717) is 44.6 Å². The first-order valence-electron chi connectivity index (χ1n) is 10.3. The highest BCUT2D eigenvalue weighted by Gasteiger charge is 2.50. The molecule has 1 N–H and O–H groups in total. The van der Waals surface area contributed by atoms with Crippen LogP contribution in [0.2, 0.25) is 0 Å². The van der Waals surface area contributed by atoms with E-state index in [-0.39, 0.29) is 11.8 Å². The number of piperazine rings is 1. The Morgan fingerprint density at radius 1 is 0.933 bits per heavy atom. The van der Waals surface area contributed by atoms with Gasteiger partial charge in [0.15, 0.2) is 0 Å². The van der Waals surface area contributed by atoms with Gasteiger partial charge in [-0.25, -0.2) is 4.68 Å². The van der Waals surface area contributed by atoms with Gasteiger partial charge in [0.25, 0.3) is 11.8 Å². The Labute approximate surface area is 174 Å². The molecule has 0 bridgehead atoms. The highest BCUT2D eigenvalue weighted by atomic mass is 16.3. The van der Waals surface area contributed by atoms with Crippen LogP contribution in [0.25, 0.3) is 16.6 Å². The number of nitrogens with zero attached hydrogens (tertiary/aromatic N) is 4. The van der Waals surface area contributed by atoms with Crippen LogP contribution in [0.3, 0.4) is 0 Å². The van der Waals surface area contributed by atoms with Gasteiger partial charge in [-0.3, -0.25) is 9.59 Å². The second kappa shape index (κ2) is 6.95. The van der Waals surface area contributed by atoms with E-state index in [2.05, 4.69) is 11.2 Å². The number of aromatic nitrogens is 2. The first-order valence-corrected chi connectivity index (χ1v) is 10.3. The summed E-state index contributed by atoms with van der Waals surface area (Å²) in [6.45, 7) is 3.92. The van der Waals surface area contributed by atoms with Gasteiger partial charge in [0.1, 0.15) is 5.60 Å². The van der Waals surface area contributed by atoms with Gasteiger partial charge < -0.3 is 14.9 Å². The summed E-state index contributed by atoms with van der Waals surface area (Å²) in [6, 6.07) is 15.5. The molecule has 1 saturated carbocycles. The fourth-order valence-electron chi connectivity index (χ4n) is 4.08. The van der Waals surface area contributed by atoms with Crippen molar-refractivity contribution in [3.63, 3.8) is 0 Å². The molecular weight excluding hydrogens is 380 g/mol. The fourth-order valence-corrected chi connectivity index (χ4v) is 4.08.